The Morgan fingerprint density at radius 3 is 2.35 bits per heavy atom. The maximum atomic E-state index is 13.3. The molecule has 1 N–H and O–H groups in total. The van der Waals surface area contributed by atoms with Crippen molar-refractivity contribution >= 4 is 32.8 Å². The first-order valence-corrected chi connectivity index (χ1v) is 15.6. The van der Waals surface area contributed by atoms with E-state index in [0.29, 0.717) is 17.6 Å². The van der Waals surface area contributed by atoms with Crippen LogP contribution >= 0.6 is 0 Å². The summed E-state index contributed by atoms with van der Waals surface area (Å²) in [4.78, 5) is 22.9. The van der Waals surface area contributed by atoms with Gasteiger partial charge in [0.2, 0.25) is 0 Å². The maximum Gasteiger partial charge on any atom is 0.303 e. The van der Waals surface area contributed by atoms with Crippen LogP contribution in [0.15, 0.2) is 36.4 Å². The molecule has 40 heavy (non-hydrogen) atoms. The minimum absolute atomic E-state index is 0.0560. The van der Waals surface area contributed by atoms with Gasteiger partial charge in [0.25, 0.3) is 5.91 Å². The number of carbonyl (C=O) groups is 1. The number of aromatic nitrogens is 3. The van der Waals surface area contributed by atoms with Crippen molar-refractivity contribution in [3.8, 4) is 5.69 Å². The summed E-state index contributed by atoms with van der Waals surface area (Å²) in [7, 11) is -1.22. The number of piperidine rings is 1. The smallest absolute Gasteiger partial charge is 0.303 e. The lowest BCUT2D eigenvalue weighted by molar-refractivity contribution is 0.0115. The Bertz CT molecular complexity index is 1470. The van der Waals surface area contributed by atoms with Crippen LogP contribution in [0.25, 0.3) is 16.7 Å². The Morgan fingerprint density at radius 2 is 1.73 bits per heavy atom. The highest BCUT2D eigenvalue weighted by atomic mass is 32.2. The number of carbonyl (C=O) groups excluding carboxylic acids is 1. The number of nitrogens with zero attached hydrogens (tertiary/aromatic N) is 6. The lowest BCUT2D eigenvalue weighted by Gasteiger charge is -2.41. The van der Waals surface area contributed by atoms with Crippen LogP contribution in [0.4, 0.5) is 5.69 Å². The molecule has 6 rings (SSSR count). The summed E-state index contributed by atoms with van der Waals surface area (Å²) in [5.74, 6) is -0.418. The fourth-order valence-electron chi connectivity index (χ4n) is 5.88. The summed E-state index contributed by atoms with van der Waals surface area (Å²) >= 11 is 0. The van der Waals surface area contributed by atoms with Gasteiger partial charge in [-0.15, -0.1) is 0 Å². The average Bonchev–Trinajstić information content (AvgIpc) is 3.31. The fourth-order valence-corrected chi connectivity index (χ4v) is 6.40. The molecule has 12 heteroatoms. The predicted molar refractivity (Wildman–Crippen MR) is 153 cm³/mol. The van der Waals surface area contributed by atoms with E-state index in [9.17, 15) is 13.2 Å². The molecule has 2 aliphatic heterocycles. The summed E-state index contributed by atoms with van der Waals surface area (Å²) in [6.45, 7) is 5.15. The zero-order valence-electron chi connectivity index (χ0n) is 23.1. The summed E-state index contributed by atoms with van der Waals surface area (Å²) in [5, 5.41) is 6.04. The van der Waals surface area contributed by atoms with Gasteiger partial charge in [-0.3, -0.25) is 9.69 Å². The maximum absolute atomic E-state index is 13.3. The largest absolute Gasteiger partial charge is 0.379 e. The second kappa shape index (κ2) is 11.1. The Hall–Kier alpha value is -3.06. The number of nitrogens with one attached hydrogen (secondary N) is 1. The van der Waals surface area contributed by atoms with Crippen molar-refractivity contribution in [3.05, 3.63) is 47.8 Å². The van der Waals surface area contributed by atoms with E-state index in [1.807, 2.05) is 35.0 Å². The van der Waals surface area contributed by atoms with E-state index in [1.165, 1.54) is 20.5 Å². The van der Waals surface area contributed by atoms with Crippen molar-refractivity contribution in [2.75, 3.05) is 58.4 Å². The molecule has 1 amide bonds. The SMILES string of the molecule is CN(C)S(=O)(=O)NC(=O)c1cc(N2CCC(N3CCOCC3)CC2)c2c(C3CCC3)nn(-c3ccccc3)c2n1. The Morgan fingerprint density at radius 1 is 1.02 bits per heavy atom. The van der Waals surface area contributed by atoms with Gasteiger partial charge in [0, 0.05) is 52.2 Å². The van der Waals surface area contributed by atoms with Crippen molar-refractivity contribution in [1.82, 2.24) is 28.7 Å². The fraction of sp³-hybridized carbons (Fsp3) is 0.536. The molecule has 0 spiro atoms. The molecule has 3 fully saturated rings. The van der Waals surface area contributed by atoms with Gasteiger partial charge in [-0.1, -0.05) is 24.6 Å². The summed E-state index contributed by atoms with van der Waals surface area (Å²) < 4.78 is 35.5. The third kappa shape index (κ3) is 5.20. The first-order chi connectivity index (χ1) is 19.3. The van der Waals surface area contributed by atoms with E-state index in [1.54, 1.807) is 6.07 Å². The van der Waals surface area contributed by atoms with Gasteiger partial charge in [-0.05, 0) is 43.9 Å². The van der Waals surface area contributed by atoms with Crippen LogP contribution in [0.1, 0.15) is 54.2 Å². The van der Waals surface area contributed by atoms with Gasteiger partial charge in [-0.25, -0.2) is 14.4 Å². The van der Waals surface area contributed by atoms with Gasteiger partial charge in [0.1, 0.15) is 5.69 Å². The lowest BCUT2D eigenvalue weighted by Crippen LogP contribution is -2.49. The number of hydrogen-bond donors (Lipinski definition) is 1. The monoisotopic (exact) mass is 567 g/mol. The Labute approximate surface area is 235 Å². The first-order valence-electron chi connectivity index (χ1n) is 14.1. The molecule has 3 aliphatic rings. The number of morpholine rings is 1. The van der Waals surface area contributed by atoms with Crippen molar-refractivity contribution < 1.29 is 17.9 Å². The highest BCUT2D eigenvalue weighted by molar-refractivity contribution is 7.87. The predicted octanol–water partition coefficient (Wildman–Crippen LogP) is 2.53. The number of ether oxygens (including phenoxy) is 1. The topological polar surface area (TPSA) is 113 Å². The van der Waals surface area contributed by atoms with E-state index in [0.717, 1.165) is 91.8 Å². The van der Waals surface area contributed by atoms with Crippen molar-refractivity contribution in [2.45, 2.75) is 44.1 Å². The molecule has 214 valence electrons. The molecule has 1 aromatic carbocycles. The van der Waals surface area contributed by atoms with Gasteiger partial charge >= 0.3 is 10.2 Å². The van der Waals surface area contributed by atoms with Crippen LogP contribution in [0.5, 0.6) is 0 Å². The molecule has 0 bridgehead atoms. The van der Waals surface area contributed by atoms with Crippen molar-refractivity contribution in [1.29, 1.82) is 0 Å². The van der Waals surface area contributed by atoms with E-state index in [4.69, 9.17) is 14.8 Å². The molecule has 2 saturated heterocycles. The summed E-state index contributed by atoms with van der Waals surface area (Å²) in [6.07, 6.45) is 5.32. The second-order valence-corrected chi connectivity index (χ2v) is 13.0. The molecule has 11 nitrogen and oxygen atoms in total. The van der Waals surface area contributed by atoms with Crippen molar-refractivity contribution in [2.24, 2.45) is 0 Å². The number of anilines is 1. The molecule has 0 atom stereocenters. The molecule has 2 aromatic heterocycles. The van der Waals surface area contributed by atoms with Gasteiger partial charge in [-0.2, -0.15) is 17.8 Å². The molecule has 1 saturated carbocycles. The second-order valence-electron chi connectivity index (χ2n) is 11.1. The minimum Gasteiger partial charge on any atom is -0.379 e. The highest BCUT2D eigenvalue weighted by Gasteiger charge is 2.33. The summed E-state index contributed by atoms with van der Waals surface area (Å²) in [5.41, 5.74) is 3.40. The number of amides is 1. The first kappa shape index (κ1) is 27.1. The number of para-hydroxylation sites is 1. The highest BCUT2D eigenvalue weighted by Crippen LogP contribution is 2.43. The number of pyridine rings is 1. The van der Waals surface area contributed by atoms with E-state index in [-0.39, 0.29) is 5.69 Å². The average molecular weight is 568 g/mol. The van der Waals surface area contributed by atoms with Crippen LogP contribution in [-0.2, 0) is 14.9 Å². The zero-order chi connectivity index (χ0) is 27.9. The number of hydrogen-bond acceptors (Lipinski definition) is 8. The van der Waals surface area contributed by atoms with Crippen LogP contribution < -0.4 is 9.62 Å². The van der Waals surface area contributed by atoms with E-state index < -0.39 is 16.1 Å². The standard InChI is InChI=1S/C28H37N7O4S/c1-32(2)40(37,38)31-28(36)23-19-24(34-13-11-21(12-14-34)33-15-17-39-18-16-33)25-26(20-7-6-8-20)30-35(27(25)29-23)22-9-4-3-5-10-22/h3-5,9-10,19-21H,6-8,11-18H2,1-2H3,(H,31,36). The minimum atomic E-state index is -3.98. The molecule has 1 aliphatic carbocycles. The van der Waals surface area contributed by atoms with Gasteiger partial charge in [0.05, 0.1) is 35.7 Å². The van der Waals surface area contributed by atoms with Gasteiger partial charge < -0.3 is 9.64 Å². The quantitative estimate of drug-likeness (QED) is 0.464. The van der Waals surface area contributed by atoms with Crippen LogP contribution in [0.3, 0.4) is 0 Å². The summed E-state index contributed by atoms with van der Waals surface area (Å²) in [6, 6.07) is 12.0. The lowest BCUT2D eigenvalue weighted by atomic mass is 9.82. The van der Waals surface area contributed by atoms with E-state index >= 15 is 0 Å². The molecular formula is C28H37N7O4S. The van der Waals surface area contributed by atoms with Crippen LogP contribution in [0.2, 0.25) is 0 Å². The van der Waals surface area contributed by atoms with Crippen LogP contribution in [-0.4, -0.2) is 97.8 Å². The Balaban J connectivity index is 1.44. The third-order valence-corrected chi connectivity index (χ3v) is 9.84. The van der Waals surface area contributed by atoms with Crippen molar-refractivity contribution in [3.63, 3.8) is 0 Å². The number of fused-ring (bicyclic) bond motifs is 1. The van der Waals surface area contributed by atoms with E-state index in [2.05, 4.69) is 14.5 Å². The molecular weight excluding hydrogens is 530 g/mol. The van der Waals surface area contributed by atoms with Crippen LogP contribution in [0, 0.1) is 0 Å². The number of rotatable bonds is 7. The zero-order valence-corrected chi connectivity index (χ0v) is 23.9. The number of benzene rings is 1. The van der Waals surface area contributed by atoms with Gasteiger partial charge in [0.15, 0.2) is 5.65 Å². The Kier molecular flexibility index (Phi) is 7.51. The molecule has 0 unspecified atom stereocenters. The molecule has 3 aromatic rings. The third-order valence-electron chi connectivity index (χ3n) is 8.44. The molecule has 4 heterocycles. The molecule has 0 radical (unpaired) electrons. The normalized spacial score (nSPS) is 19.7.